The van der Waals surface area contributed by atoms with E-state index in [1.54, 1.807) is 0 Å². The Kier molecular flexibility index (Phi) is 5.77. The van der Waals surface area contributed by atoms with Crippen molar-refractivity contribution in [1.29, 1.82) is 0 Å². The minimum atomic E-state index is 0.0206. The molecule has 0 aromatic carbocycles. The van der Waals surface area contributed by atoms with Crippen molar-refractivity contribution in [2.45, 2.75) is 39.2 Å². The van der Waals surface area contributed by atoms with Crippen molar-refractivity contribution < 1.29 is 9.53 Å². The van der Waals surface area contributed by atoms with Crippen LogP contribution in [0.25, 0.3) is 0 Å². The number of hydrogen-bond donors (Lipinski definition) is 2. The maximum absolute atomic E-state index is 11.8. The topological polar surface area (TPSA) is 64.4 Å². The lowest BCUT2D eigenvalue weighted by molar-refractivity contribution is -0.125. The first-order chi connectivity index (χ1) is 7.65. The molecule has 1 heterocycles. The van der Waals surface area contributed by atoms with Gasteiger partial charge in [0.25, 0.3) is 0 Å². The van der Waals surface area contributed by atoms with Gasteiger partial charge in [0.05, 0.1) is 0 Å². The second-order valence-corrected chi connectivity index (χ2v) is 4.73. The standard InChI is InChI=1S/C12H24N2O2/c1-9(3-6-13)12(15)14-10(2)11-4-7-16-8-5-11/h9-11H,3-8,13H2,1-2H3,(H,14,15). The second kappa shape index (κ2) is 6.86. The lowest BCUT2D eigenvalue weighted by Gasteiger charge is -2.29. The van der Waals surface area contributed by atoms with Gasteiger partial charge in [-0.25, -0.2) is 0 Å². The molecule has 0 spiro atoms. The Balaban J connectivity index is 2.31. The van der Waals surface area contributed by atoms with Gasteiger partial charge in [-0.1, -0.05) is 6.92 Å². The molecule has 1 fully saturated rings. The molecule has 16 heavy (non-hydrogen) atoms. The molecular weight excluding hydrogens is 204 g/mol. The van der Waals surface area contributed by atoms with E-state index in [0.717, 1.165) is 32.5 Å². The minimum absolute atomic E-state index is 0.0206. The van der Waals surface area contributed by atoms with Gasteiger partial charge in [0.2, 0.25) is 5.91 Å². The van der Waals surface area contributed by atoms with Crippen LogP contribution in [0, 0.1) is 11.8 Å². The summed E-state index contributed by atoms with van der Waals surface area (Å²) in [6.45, 7) is 6.23. The highest BCUT2D eigenvalue weighted by molar-refractivity contribution is 5.78. The number of carbonyl (C=O) groups is 1. The number of ether oxygens (including phenoxy) is 1. The molecule has 0 saturated carbocycles. The molecule has 1 amide bonds. The number of carbonyl (C=O) groups excluding carboxylic acids is 1. The Hall–Kier alpha value is -0.610. The van der Waals surface area contributed by atoms with E-state index in [1.165, 1.54) is 0 Å². The molecule has 0 aliphatic carbocycles. The van der Waals surface area contributed by atoms with E-state index >= 15 is 0 Å². The number of amides is 1. The van der Waals surface area contributed by atoms with Crippen molar-refractivity contribution in [3.8, 4) is 0 Å². The van der Waals surface area contributed by atoms with Crippen molar-refractivity contribution in [2.24, 2.45) is 17.6 Å². The van der Waals surface area contributed by atoms with Crippen LogP contribution in [0.5, 0.6) is 0 Å². The number of rotatable bonds is 5. The summed E-state index contributed by atoms with van der Waals surface area (Å²) >= 11 is 0. The summed E-state index contributed by atoms with van der Waals surface area (Å²) in [7, 11) is 0. The van der Waals surface area contributed by atoms with E-state index in [4.69, 9.17) is 10.5 Å². The van der Waals surface area contributed by atoms with Gasteiger partial charge in [-0.2, -0.15) is 0 Å². The molecule has 0 aromatic rings. The van der Waals surface area contributed by atoms with Gasteiger partial charge in [-0.15, -0.1) is 0 Å². The van der Waals surface area contributed by atoms with Crippen molar-refractivity contribution in [1.82, 2.24) is 5.32 Å². The van der Waals surface area contributed by atoms with E-state index in [0.29, 0.717) is 12.5 Å². The van der Waals surface area contributed by atoms with Crippen LogP contribution in [0.3, 0.4) is 0 Å². The maximum atomic E-state index is 11.8. The smallest absolute Gasteiger partial charge is 0.223 e. The second-order valence-electron chi connectivity index (χ2n) is 4.73. The molecule has 1 aliphatic heterocycles. The van der Waals surface area contributed by atoms with E-state index < -0.39 is 0 Å². The fraction of sp³-hybridized carbons (Fsp3) is 0.917. The van der Waals surface area contributed by atoms with Crippen LogP contribution < -0.4 is 11.1 Å². The van der Waals surface area contributed by atoms with Gasteiger partial charge in [-0.3, -0.25) is 4.79 Å². The normalized spacial score (nSPS) is 21.4. The predicted molar refractivity (Wildman–Crippen MR) is 64.0 cm³/mol. The Morgan fingerprint density at radius 3 is 2.62 bits per heavy atom. The highest BCUT2D eigenvalue weighted by Gasteiger charge is 2.23. The first-order valence-corrected chi connectivity index (χ1v) is 6.23. The molecule has 2 atom stereocenters. The van der Waals surface area contributed by atoms with E-state index in [9.17, 15) is 4.79 Å². The minimum Gasteiger partial charge on any atom is -0.381 e. The summed E-state index contributed by atoms with van der Waals surface area (Å²) < 4.78 is 5.31. The molecule has 1 rings (SSSR count). The quantitative estimate of drug-likeness (QED) is 0.735. The third-order valence-electron chi connectivity index (χ3n) is 3.39. The average molecular weight is 228 g/mol. The average Bonchev–Trinajstić information content (AvgIpc) is 2.30. The summed E-state index contributed by atoms with van der Waals surface area (Å²) in [6.07, 6.45) is 2.85. The summed E-state index contributed by atoms with van der Waals surface area (Å²) in [6, 6.07) is 0.247. The van der Waals surface area contributed by atoms with Crippen LogP contribution in [0.1, 0.15) is 33.1 Å². The van der Waals surface area contributed by atoms with E-state index in [1.807, 2.05) is 6.92 Å². The Morgan fingerprint density at radius 1 is 1.44 bits per heavy atom. The molecule has 0 aromatic heterocycles. The first-order valence-electron chi connectivity index (χ1n) is 6.23. The summed E-state index contributed by atoms with van der Waals surface area (Å²) in [5.74, 6) is 0.708. The Morgan fingerprint density at radius 2 is 2.06 bits per heavy atom. The van der Waals surface area contributed by atoms with Gasteiger partial charge in [0.15, 0.2) is 0 Å². The van der Waals surface area contributed by atoms with Crippen molar-refractivity contribution in [2.75, 3.05) is 19.8 Å². The van der Waals surface area contributed by atoms with Crippen molar-refractivity contribution >= 4 is 5.91 Å². The molecule has 1 aliphatic rings. The van der Waals surface area contributed by atoms with Crippen LogP contribution in [0.4, 0.5) is 0 Å². The van der Waals surface area contributed by atoms with Crippen LogP contribution in [-0.2, 0) is 9.53 Å². The van der Waals surface area contributed by atoms with Crippen LogP contribution in [-0.4, -0.2) is 31.7 Å². The summed E-state index contributed by atoms with van der Waals surface area (Å²) in [5.41, 5.74) is 5.44. The van der Waals surface area contributed by atoms with Gasteiger partial charge >= 0.3 is 0 Å². The van der Waals surface area contributed by atoms with Crippen LogP contribution in [0.15, 0.2) is 0 Å². The zero-order valence-electron chi connectivity index (χ0n) is 10.4. The molecule has 2 unspecified atom stereocenters. The zero-order chi connectivity index (χ0) is 12.0. The zero-order valence-corrected chi connectivity index (χ0v) is 10.4. The Bertz CT molecular complexity index is 215. The predicted octanol–water partition coefficient (Wildman–Crippen LogP) is 0.903. The van der Waals surface area contributed by atoms with E-state index in [-0.39, 0.29) is 17.9 Å². The molecule has 4 nitrogen and oxygen atoms in total. The third kappa shape index (κ3) is 4.10. The Labute approximate surface area is 97.9 Å². The van der Waals surface area contributed by atoms with Crippen LogP contribution >= 0.6 is 0 Å². The van der Waals surface area contributed by atoms with Crippen molar-refractivity contribution in [3.63, 3.8) is 0 Å². The monoisotopic (exact) mass is 228 g/mol. The molecule has 3 N–H and O–H groups in total. The van der Waals surface area contributed by atoms with Gasteiger partial charge in [0, 0.05) is 25.2 Å². The summed E-state index contributed by atoms with van der Waals surface area (Å²) in [5, 5.41) is 3.08. The molecule has 94 valence electrons. The number of nitrogens with two attached hydrogens (primary N) is 1. The van der Waals surface area contributed by atoms with E-state index in [2.05, 4.69) is 12.2 Å². The number of hydrogen-bond acceptors (Lipinski definition) is 3. The van der Waals surface area contributed by atoms with Gasteiger partial charge in [-0.05, 0) is 38.6 Å². The molecule has 4 heteroatoms. The number of nitrogens with one attached hydrogen (secondary N) is 1. The maximum Gasteiger partial charge on any atom is 0.223 e. The molecule has 0 bridgehead atoms. The van der Waals surface area contributed by atoms with Gasteiger partial charge < -0.3 is 15.8 Å². The molecular formula is C12H24N2O2. The first kappa shape index (κ1) is 13.5. The summed E-state index contributed by atoms with van der Waals surface area (Å²) in [4.78, 5) is 11.8. The fourth-order valence-corrected chi connectivity index (χ4v) is 2.08. The fourth-order valence-electron chi connectivity index (χ4n) is 2.08. The largest absolute Gasteiger partial charge is 0.381 e. The highest BCUT2D eigenvalue weighted by Crippen LogP contribution is 2.18. The highest BCUT2D eigenvalue weighted by atomic mass is 16.5. The van der Waals surface area contributed by atoms with Crippen molar-refractivity contribution in [3.05, 3.63) is 0 Å². The SMILES string of the molecule is CC(CCN)C(=O)NC(C)C1CCOCC1. The lowest BCUT2D eigenvalue weighted by Crippen LogP contribution is -2.42. The molecule has 1 saturated heterocycles. The lowest BCUT2D eigenvalue weighted by atomic mass is 9.92. The third-order valence-corrected chi connectivity index (χ3v) is 3.39. The molecule has 0 radical (unpaired) electrons. The van der Waals surface area contributed by atoms with Gasteiger partial charge in [0.1, 0.15) is 0 Å². The van der Waals surface area contributed by atoms with Crippen LogP contribution in [0.2, 0.25) is 0 Å².